The summed E-state index contributed by atoms with van der Waals surface area (Å²) in [5.74, 6) is 0.786. The highest BCUT2D eigenvalue weighted by Crippen LogP contribution is 2.22. The van der Waals surface area contributed by atoms with E-state index in [1.807, 2.05) is 37.3 Å². The molecule has 2 rings (SSSR count). The number of aromatic amines is 1. The predicted octanol–water partition coefficient (Wildman–Crippen LogP) is 4.99. The lowest BCUT2D eigenvalue weighted by atomic mass is 10.00. The number of halogens is 1. The number of rotatable bonds is 9. The van der Waals surface area contributed by atoms with Gasteiger partial charge in [-0.1, -0.05) is 43.2 Å². The topological polar surface area (TPSA) is 67.0 Å². The first-order valence-corrected chi connectivity index (χ1v) is 9.01. The summed E-state index contributed by atoms with van der Waals surface area (Å²) in [5, 5.41) is 2.89. The van der Waals surface area contributed by atoms with Crippen LogP contribution in [0.1, 0.15) is 62.7 Å². The van der Waals surface area contributed by atoms with Gasteiger partial charge in [-0.25, -0.2) is 14.2 Å². The summed E-state index contributed by atoms with van der Waals surface area (Å²) in [6.45, 7) is 5.25. The number of hydrogen-bond donors (Lipinski definition) is 2. The molecule has 0 aliphatic rings. The zero-order chi connectivity index (χ0) is 19.0. The smallest absolute Gasteiger partial charge is 0.408 e. The molecular weight excluding hydrogens is 333 g/mol. The van der Waals surface area contributed by atoms with Gasteiger partial charge in [0.1, 0.15) is 18.1 Å². The van der Waals surface area contributed by atoms with Crippen molar-refractivity contribution in [1.82, 2.24) is 15.3 Å². The van der Waals surface area contributed by atoms with Crippen molar-refractivity contribution in [2.45, 2.75) is 64.8 Å². The average molecular weight is 361 g/mol. The Kier molecular flexibility index (Phi) is 7.18. The number of carbonyl (C=O) groups excluding carboxylic acids is 1. The molecular formula is C20H28FN3O2. The van der Waals surface area contributed by atoms with Crippen LogP contribution >= 0.6 is 0 Å². The maximum absolute atomic E-state index is 13.6. The predicted molar refractivity (Wildman–Crippen MR) is 99.5 cm³/mol. The number of ether oxygens (including phenoxy) is 1. The third-order valence-electron chi connectivity index (χ3n) is 4.12. The van der Waals surface area contributed by atoms with Crippen LogP contribution in [0.4, 0.5) is 9.18 Å². The molecule has 0 spiro atoms. The van der Waals surface area contributed by atoms with E-state index in [-0.39, 0.29) is 12.6 Å². The Morgan fingerprint density at radius 2 is 2.04 bits per heavy atom. The molecule has 0 aliphatic heterocycles. The first kappa shape index (κ1) is 19.9. The van der Waals surface area contributed by atoms with E-state index < -0.39 is 11.8 Å². The number of carbonyl (C=O) groups is 1. The van der Waals surface area contributed by atoms with Gasteiger partial charge in [0.15, 0.2) is 0 Å². The molecule has 2 N–H and O–H groups in total. The second kappa shape index (κ2) is 9.36. The third kappa shape index (κ3) is 7.25. The number of hydrogen-bond acceptors (Lipinski definition) is 3. The maximum Gasteiger partial charge on any atom is 0.408 e. The van der Waals surface area contributed by atoms with Crippen LogP contribution in [-0.4, -0.2) is 21.7 Å². The Balaban J connectivity index is 1.87. The van der Waals surface area contributed by atoms with Gasteiger partial charge in [0, 0.05) is 0 Å². The van der Waals surface area contributed by atoms with Crippen LogP contribution in [0.3, 0.4) is 0 Å². The van der Waals surface area contributed by atoms with Crippen LogP contribution in [-0.2, 0) is 11.3 Å². The van der Waals surface area contributed by atoms with Crippen molar-refractivity contribution >= 4 is 6.09 Å². The molecule has 1 heterocycles. The first-order chi connectivity index (χ1) is 12.3. The summed E-state index contributed by atoms with van der Waals surface area (Å²) in [4.78, 5) is 19.5. The van der Waals surface area contributed by atoms with Gasteiger partial charge in [0.25, 0.3) is 0 Å². The second-order valence-corrected chi connectivity index (χ2v) is 7.15. The molecule has 6 heteroatoms. The molecule has 1 unspecified atom stereocenters. The molecule has 5 nitrogen and oxygen atoms in total. The molecule has 2 aromatic rings. The highest BCUT2D eigenvalue weighted by molar-refractivity contribution is 5.67. The number of imidazole rings is 1. The number of benzene rings is 1. The van der Waals surface area contributed by atoms with Crippen molar-refractivity contribution in [3.05, 3.63) is 53.6 Å². The van der Waals surface area contributed by atoms with Crippen molar-refractivity contribution in [3.63, 3.8) is 0 Å². The highest BCUT2D eigenvalue weighted by atomic mass is 19.1. The molecule has 142 valence electrons. The van der Waals surface area contributed by atoms with Crippen LogP contribution < -0.4 is 5.32 Å². The van der Waals surface area contributed by atoms with Crippen molar-refractivity contribution in [1.29, 1.82) is 0 Å². The molecule has 0 aliphatic carbocycles. The average Bonchev–Trinajstić information content (AvgIpc) is 3.02. The number of amides is 1. The summed E-state index contributed by atoms with van der Waals surface area (Å²) in [6.07, 6.45) is 3.99. The summed E-state index contributed by atoms with van der Waals surface area (Å²) in [6, 6.07) is 9.29. The number of alkyl halides is 1. The molecule has 1 amide bonds. The largest absolute Gasteiger partial charge is 0.445 e. The zero-order valence-electron chi connectivity index (χ0n) is 15.7. The molecule has 0 saturated heterocycles. The van der Waals surface area contributed by atoms with Gasteiger partial charge in [-0.2, -0.15) is 0 Å². The minimum absolute atomic E-state index is 0.220. The van der Waals surface area contributed by atoms with Gasteiger partial charge in [0.2, 0.25) is 0 Å². The van der Waals surface area contributed by atoms with E-state index in [9.17, 15) is 9.18 Å². The maximum atomic E-state index is 13.6. The van der Waals surface area contributed by atoms with Crippen molar-refractivity contribution < 1.29 is 13.9 Å². The number of nitrogens with one attached hydrogen (secondary N) is 2. The van der Waals surface area contributed by atoms with Gasteiger partial charge < -0.3 is 15.0 Å². The third-order valence-corrected chi connectivity index (χ3v) is 4.12. The van der Waals surface area contributed by atoms with Gasteiger partial charge in [0.05, 0.1) is 17.9 Å². The van der Waals surface area contributed by atoms with E-state index in [4.69, 9.17) is 4.74 Å². The van der Waals surface area contributed by atoms with Crippen molar-refractivity contribution in [2.24, 2.45) is 0 Å². The first-order valence-electron chi connectivity index (χ1n) is 9.01. The van der Waals surface area contributed by atoms with E-state index in [2.05, 4.69) is 15.3 Å². The molecule has 26 heavy (non-hydrogen) atoms. The van der Waals surface area contributed by atoms with E-state index >= 15 is 0 Å². The summed E-state index contributed by atoms with van der Waals surface area (Å²) < 4.78 is 18.9. The number of aromatic nitrogens is 2. The number of aryl methyl sites for hydroxylation is 1. The summed E-state index contributed by atoms with van der Waals surface area (Å²) in [7, 11) is 0. The van der Waals surface area contributed by atoms with E-state index in [1.165, 1.54) is 0 Å². The van der Waals surface area contributed by atoms with Gasteiger partial charge >= 0.3 is 6.09 Å². The fourth-order valence-corrected chi connectivity index (χ4v) is 2.72. The number of H-pyrrole nitrogens is 1. The zero-order valence-corrected chi connectivity index (χ0v) is 15.7. The molecule has 1 aromatic heterocycles. The number of nitrogens with zero attached hydrogens (tertiary/aromatic N) is 1. The van der Waals surface area contributed by atoms with Crippen LogP contribution in [0, 0.1) is 6.92 Å². The molecule has 1 aromatic carbocycles. The van der Waals surface area contributed by atoms with Crippen molar-refractivity contribution in [2.75, 3.05) is 0 Å². The summed E-state index contributed by atoms with van der Waals surface area (Å²) >= 11 is 0. The molecule has 0 bridgehead atoms. The van der Waals surface area contributed by atoms with Crippen LogP contribution in [0.25, 0.3) is 0 Å². The molecule has 0 fully saturated rings. The van der Waals surface area contributed by atoms with Gasteiger partial charge in [-0.05, 0) is 39.2 Å². The monoisotopic (exact) mass is 361 g/mol. The quantitative estimate of drug-likeness (QED) is 0.618. The summed E-state index contributed by atoms with van der Waals surface area (Å²) in [5.41, 5.74) is 0.600. The van der Waals surface area contributed by atoms with E-state index in [1.54, 1.807) is 20.0 Å². The lowest BCUT2D eigenvalue weighted by Crippen LogP contribution is -2.29. The molecule has 1 atom stereocenters. The van der Waals surface area contributed by atoms with Gasteiger partial charge in [-0.3, -0.25) is 0 Å². The Morgan fingerprint density at radius 1 is 1.31 bits per heavy atom. The Morgan fingerprint density at radius 3 is 2.65 bits per heavy atom. The highest BCUT2D eigenvalue weighted by Gasteiger charge is 2.19. The van der Waals surface area contributed by atoms with Crippen LogP contribution in [0.2, 0.25) is 0 Å². The molecule has 0 radical (unpaired) electrons. The Bertz CT molecular complexity index is 680. The number of unbranched alkanes of at least 4 members (excludes halogenated alkanes) is 1. The SMILES string of the molecule is Cc1ncc(C(CCCCC(C)(C)F)NC(=O)OCc2ccccc2)[nH]1. The minimum atomic E-state index is -1.16. The van der Waals surface area contributed by atoms with Gasteiger partial charge in [-0.15, -0.1) is 0 Å². The van der Waals surface area contributed by atoms with E-state index in [0.717, 1.165) is 29.9 Å². The fourth-order valence-electron chi connectivity index (χ4n) is 2.72. The lowest BCUT2D eigenvalue weighted by molar-refractivity contribution is 0.134. The molecule has 0 saturated carbocycles. The Hall–Kier alpha value is -2.37. The minimum Gasteiger partial charge on any atom is -0.445 e. The normalized spacial score (nSPS) is 12.6. The standard InChI is InChI=1S/C20H28FN3O2/c1-15-22-13-18(23-15)17(11-7-8-12-20(2,3)21)24-19(25)26-14-16-9-5-4-6-10-16/h4-6,9-10,13,17H,7-8,11-12,14H2,1-3H3,(H,22,23)(H,24,25). The lowest BCUT2D eigenvalue weighted by Gasteiger charge is -2.18. The Labute approximate surface area is 154 Å². The number of alkyl carbamates (subject to hydrolysis) is 1. The van der Waals surface area contributed by atoms with Crippen molar-refractivity contribution in [3.8, 4) is 0 Å². The second-order valence-electron chi connectivity index (χ2n) is 7.15. The van der Waals surface area contributed by atoms with E-state index in [0.29, 0.717) is 12.8 Å². The fraction of sp³-hybridized carbons (Fsp3) is 0.500. The van der Waals surface area contributed by atoms with Crippen LogP contribution in [0.15, 0.2) is 36.5 Å². The van der Waals surface area contributed by atoms with Crippen LogP contribution in [0.5, 0.6) is 0 Å².